The summed E-state index contributed by atoms with van der Waals surface area (Å²) >= 11 is 0. The lowest BCUT2D eigenvalue weighted by Crippen LogP contribution is -1.98. The highest BCUT2D eigenvalue weighted by molar-refractivity contribution is 5.47. The zero-order valence-corrected chi connectivity index (χ0v) is 8.12. The van der Waals surface area contributed by atoms with Gasteiger partial charge in [0.15, 0.2) is 5.75 Å². The summed E-state index contributed by atoms with van der Waals surface area (Å²) in [5, 5.41) is 36.8. The molecule has 0 atom stereocenters. The molecule has 0 radical (unpaired) electrons. The number of nitriles is 2. The Morgan fingerprint density at radius 1 is 1.44 bits per heavy atom. The van der Waals surface area contributed by atoms with Crippen molar-refractivity contribution in [2.45, 2.75) is 6.42 Å². The van der Waals surface area contributed by atoms with Crippen LogP contribution in [0.3, 0.4) is 0 Å². The van der Waals surface area contributed by atoms with Crippen LogP contribution in [0.25, 0.3) is 0 Å². The van der Waals surface area contributed by atoms with Crippen molar-refractivity contribution in [3.63, 3.8) is 0 Å². The van der Waals surface area contributed by atoms with E-state index in [2.05, 4.69) is 0 Å². The molecular weight excluding hydrogens is 210 g/mol. The Morgan fingerprint density at radius 2 is 2.06 bits per heavy atom. The van der Waals surface area contributed by atoms with E-state index >= 15 is 0 Å². The maximum Gasteiger partial charge on any atom is 0.310 e. The van der Waals surface area contributed by atoms with Gasteiger partial charge in [-0.15, -0.1) is 0 Å². The first-order valence-electron chi connectivity index (χ1n) is 4.34. The van der Waals surface area contributed by atoms with E-state index in [-0.39, 0.29) is 6.42 Å². The van der Waals surface area contributed by atoms with Gasteiger partial charge in [0.2, 0.25) is 0 Å². The van der Waals surface area contributed by atoms with Crippen LogP contribution >= 0.6 is 0 Å². The molecule has 16 heavy (non-hydrogen) atoms. The van der Waals surface area contributed by atoms with Crippen molar-refractivity contribution in [1.82, 2.24) is 0 Å². The second-order valence-corrected chi connectivity index (χ2v) is 3.10. The molecule has 0 heterocycles. The fourth-order valence-corrected chi connectivity index (χ4v) is 1.21. The molecule has 0 saturated heterocycles. The molecule has 0 fully saturated rings. The summed E-state index contributed by atoms with van der Waals surface area (Å²) in [4.78, 5) is 9.71. The summed E-state index contributed by atoms with van der Waals surface area (Å²) in [6, 6.07) is 7.32. The van der Waals surface area contributed by atoms with Crippen LogP contribution in [0, 0.1) is 38.7 Å². The van der Waals surface area contributed by atoms with E-state index < -0.39 is 22.3 Å². The maximum atomic E-state index is 10.4. The SMILES string of the molecule is N#CC(C#N)Cc1ccc([N+](=O)[O-])c(O)c1. The van der Waals surface area contributed by atoms with Crippen LogP contribution in [0.2, 0.25) is 0 Å². The maximum absolute atomic E-state index is 10.4. The highest BCUT2D eigenvalue weighted by Crippen LogP contribution is 2.27. The lowest BCUT2D eigenvalue weighted by Gasteiger charge is -2.02. The van der Waals surface area contributed by atoms with Crippen molar-refractivity contribution in [1.29, 1.82) is 10.5 Å². The molecule has 0 bridgehead atoms. The highest BCUT2D eigenvalue weighted by Gasteiger charge is 2.14. The number of hydrogen-bond acceptors (Lipinski definition) is 5. The van der Waals surface area contributed by atoms with Gasteiger partial charge in [0, 0.05) is 12.5 Å². The van der Waals surface area contributed by atoms with Crippen molar-refractivity contribution in [3.8, 4) is 17.9 Å². The molecule has 0 spiro atoms. The van der Waals surface area contributed by atoms with Gasteiger partial charge < -0.3 is 5.11 Å². The second kappa shape index (κ2) is 4.76. The molecule has 0 aromatic heterocycles. The standard InChI is InChI=1S/C10H7N3O3/c11-5-8(6-12)3-7-1-2-9(13(15)16)10(14)4-7/h1-2,4,8,14H,3H2. The smallest absolute Gasteiger partial charge is 0.310 e. The Labute approximate surface area is 91.1 Å². The molecule has 6 heteroatoms. The van der Waals surface area contributed by atoms with Crippen molar-refractivity contribution < 1.29 is 10.0 Å². The van der Waals surface area contributed by atoms with Crippen LogP contribution in [0.15, 0.2) is 18.2 Å². The molecule has 1 aromatic rings. The van der Waals surface area contributed by atoms with E-state index in [1.807, 2.05) is 0 Å². The number of hydrogen-bond donors (Lipinski definition) is 1. The summed E-state index contributed by atoms with van der Waals surface area (Å²) in [7, 11) is 0. The third-order valence-electron chi connectivity index (χ3n) is 1.99. The molecule has 1 rings (SSSR count). The number of aromatic hydroxyl groups is 1. The van der Waals surface area contributed by atoms with Gasteiger partial charge in [-0.05, 0) is 11.6 Å². The normalized spacial score (nSPS) is 9.44. The van der Waals surface area contributed by atoms with Crippen LogP contribution in [0.5, 0.6) is 5.75 Å². The number of phenolic OH excluding ortho intramolecular Hbond substituents is 1. The quantitative estimate of drug-likeness (QED) is 0.609. The third kappa shape index (κ3) is 2.46. The molecule has 6 nitrogen and oxygen atoms in total. The number of phenols is 1. The van der Waals surface area contributed by atoms with Gasteiger partial charge in [0.25, 0.3) is 0 Å². The minimum Gasteiger partial charge on any atom is -0.502 e. The monoisotopic (exact) mass is 217 g/mol. The fourth-order valence-electron chi connectivity index (χ4n) is 1.21. The molecule has 0 unspecified atom stereocenters. The van der Waals surface area contributed by atoms with Gasteiger partial charge in [-0.25, -0.2) is 0 Å². The largest absolute Gasteiger partial charge is 0.502 e. The molecule has 0 amide bonds. The first-order valence-corrected chi connectivity index (χ1v) is 4.34. The van der Waals surface area contributed by atoms with E-state index in [4.69, 9.17) is 10.5 Å². The minimum absolute atomic E-state index is 0.137. The minimum atomic E-state index is -0.819. The lowest BCUT2D eigenvalue weighted by atomic mass is 10.0. The summed E-state index contributed by atoms with van der Waals surface area (Å²) in [5.41, 5.74) is 0.116. The Balaban J connectivity index is 2.95. The Kier molecular flexibility index (Phi) is 3.41. The van der Waals surface area contributed by atoms with Crippen LogP contribution < -0.4 is 0 Å². The van der Waals surface area contributed by atoms with Crippen LogP contribution in [0.1, 0.15) is 5.56 Å². The average Bonchev–Trinajstić information content (AvgIpc) is 2.25. The van der Waals surface area contributed by atoms with Crippen LogP contribution in [-0.2, 0) is 6.42 Å². The Hall–Kier alpha value is -2.60. The predicted octanol–water partition coefficient (Wildman–Crippen LogP) is 1.51. The molecular formula is C10H7N3O3. The summed E-state index contributed by atoms with van der Waals surface area (Å²) in [6.07, 6.45) is 0.137. The Bertz CT molecular complexity index is 485. The van der Waals surface area contributed by atoms with Crippen molar-refractivity contribution in [2.24, 2.45) is 5.92 Å². The van der Waals surface area contributed by atoms with Crippen molar-refractivity contribution in [2.75, 3.05) is 0 Å². The molecule has 1 aromatic carbocycles. The molecule has 80 valence electrons. The number of nitro groups is 1. The van der Waals surface area contributed by atoms with E-state index in [1.165, 1.54) is 12.1 Å². The van der Waals surface area contributed by atoms with E-state index in [9.17, 15) is 15.2 Å². The number of rotatable bonds is 3. The van der Waals surface area contributed by atoms with E-state index in [0.717, 1.165) is 6.07 Å². The fraction of sp³-hybridized carbons (Fsp3) is 0.200. The zero-order valence-electron chi connectivity index (χ0n) is 8.12. The van der Waals surface area contributed by atoms with Gasteiger partial charge in [-0.2, -0.15) is 10.5 Å². The van der Waals surface area contributed by atoms with E-state index in [0.29, 0.717) is 5.56 Å². The first-order chi connectivity index (χ1) is 7.58. The summed E-state index contributed by atoms with van der Waals surface area (Å²) in [5.74, 6) is -1.28. The number of nitro benzene ring substituents is 1. The molecule has 1 N–H and O–H groups in total. The zero-order chi connectivity index (χ0) is 12.1. The summed E-state index contributed by atoms with van der Waals surface area (Å²) < 4.78 is 0. The number of benzene rings is 1. The van der Waals surface area contributed by atoms with E-state index in [1.54, 1.807) is 12.1 Å². The van der Waals surface area contributed by atoms with Gasteiger partial charge in [0.05, 0.1) is 17.1 Å². The van der Waals surface area contributed by atoms with Crippen molar-refractivity contribution in [3.05, 3.63) is 33.9 Å². The second-order valence-electron chi connectivity index (χ2n) is 3.10. The molecule has 0 aliphatic carbocycles. The third-order valence-corrected chi connectivity index (χ3v) is 1.99. The van der Waals surface area contributed by atoms with Gasteiger partial charge >= 0.3 is 5.69 Å². The molecule has 0 aliphatic rings. The average molecular weight is 217 g/mol. The van der Waals surface area contributed by atoms with Crippen LogP contribution in [0.4, 0.5) is 5.69 Å². The predicted molar refractivity (Wildman–Crippen MR) is 53.2 cm³/mol. The summed E-state index contributed by atoms with van der Waals surface area (Å²) in [6.45, 7) is 0. The van der Waals surface area contributed by atoms with Gasteiger partial charge in [-0.3, -0.25) is 10.1 Å². The highest BCUT2D eigenvalue weighted by atomic mass is 16.6. The Morgan fingerprint density at radius 3 is 2.50 bits per heavy atom. The van der Waals surface area contributed by atoms with Crippen LogP contribution in [-0.4, -0.2) is 10.0 Å². The van der Waals surface area contributed by atoms with Gasteiger partial charge in [0.1, 0.15) is 5.92 Å². The topological polar surface area (TPSA) is 111 Å². The first kappa shape index (κ1) is 11.5. The van der Waals surface area contributed by atoms with Gasteiger partial charge in [-0.1, -0.05) is 6.07 Å². The van der Waals surface area contributed by atoms with Crippen molar-refractivity contribution >= 4 is 5.69 Å². The molecule has 0 saturated carbocycles. The molecule has 0 aliphatic heterocycles. The number of nitrogens with zero attached hydrogens (tertiary/aromatic N) is 3. The lowest BCUT2D eigenvalue weighted by molar-refractivity contribution is -0.385.